The predicted molar refractivity (Wildman–Crippen MR) is 197 cm³/mol. The number of nitrogens with zero attached hydrogens (tertiary/aromatic N) is 2. The van der Waals surface area contributed by atoms with Gasteiger partial charge >= 0.3 is 11.9 Å². The Hall–Kier alpha value is -3.56. The Balaban J connectivity index is 1.51. The molecule has 0 amide bonds. The maximum atomic E-state index is 13.1. The van der Waals surface area contributed by atoms with E-state index in [1.165, 1.54) is 32.7 Å². The number of phenols is 1. The fraction of sp³-hybridized carbons (Fsp3) is 0.615. The second kappa shape index (κ2) is 16.0. The molecule has 2 bridgehead atoms. The zero-order valence-corrected chi connectivity index (χ0v) is 32.4. The Morgan fingerprint density at radius 3 is 2.42 bits per heavy atom. The lowest BCUT2D eigenvalue weighted by Crippen LogP contribution is -2.69. The third-order valence-electron chi connectivity index (χ3n) is 11.2. The molecule has 13 nitrogen and oxygen atoms in total. The van der Waals surface area contributed by atoms with Gasteiger partial charge in [-0.2, -0.15) is 0 Å². The van der Waals surface area contributed by atoms with Crippen LogP contribution < -0.4 is 18.9 Å². The van der Waals surface area contributed by atoms with Crippen molar-refractivity contribution in [1.29, 1.82) is 0 Å². The molecule has 4 heterocycles. The van der Waals surface area contributed by atoms with E-state index in [0.29, 0.717) is 52.3 Å². The number of ketones is 1. The molecule has 3 N–H and O–H groups in total. The average Bonchev–Trinajstić information content (AvgIpc) is 3.60. The Labute approximate surface area is 314 Å². The van der Waals surface area contributed by atoms with E-state index in [1.54, 1.807) is 6.92 Å². The third-order valence-corrected chi connectivity index (χ3v) is 12.6. The highest BCUT2D eigenvalue weighted by Gasteiger charge is 2.59. The molecule has 290 valence electrons. The Kier molecular flexibility index (Phi) is 11.8. The highest BCUT2D eigenvalue weighted by Crippen LogP contribution is 2.63. The Bertz CT molecular complexity index is 1750. The van der Waals surface area contributed by atoms with E-state index < -0.39 is 60.3 Å². The molecule has 53 heavy (non-hydrogen) atoms. The van der Waals surface area contributed by atoms with Crippen LogP contribution in [0.1, 0.15) is 110 Å². The van der Waals surface area contributed by atoms with Gasteiger partial charge in [0.1, 0.15) is 12.0 Å². The highest BCUT2D eigenvalue weighted by molar-refractivity contribution is 7.99. The molecule has 0 aliphatic carbocycles. The second-order valence-electron chi connectivity index (χ2n) is 14.5. The summed E-state index contributed by atoms with van der Waals surface area (Å²) in [6.45, 7) is 7.92. The van der Waals surface area contributed by atoms with Crippen molar-refractivity contribution in [2.24, 2.45) is 0 Å². The van der Waals surface area contributed by atoms with Crippen molar-refractivity contribution in [2.75, 3.05) is 33.3 Å². The number of rotatable bonds is 14. The summed E-state index contributed by atoms with van der Waals surface area (Å²) in [4.78, 5) is 42.7. The number of aromatic hydroxyl groups is 1. The number of methoxy groups -OCH3 is 1. The number of piperazine rings is 1. The number of aliphatic hydroxyl groups excluding tert-OH is 2. The van der Waals surface area contributed by atoms with Crippen molar-refractivity contribution in [1.82, 2.24) is 9.80 Å². The molecule has 0 radical (unpaired) electrons. The molecule has 2 aromatic rings. The first-order valence-electron chi connectivity index (χ1n) is 18.5. The van der Waals surface area contributed by atoms with Gasteiger partial charge in [0.25, 0.3) is 0 Å². The number of aliphatic hydroxyl groups is 2. The van der Waals surface area contributed by atoms with Gasteiger partial charge in [0, 0.05) is 47.4 Å². The van der Waals surface area contributed by atoms with Crippen LogP contribution in [0.4, 0.5) is 0 Å². The monoisotopic (exact) mass is 756 g/mol. The first kappa shape index (κ1) is 39.1. The molecular weight excluding hydrogens is 704 g/mol. The fourth-order valence-corrected chi connectivity index (χ4v) is 10.4. The van der Waals surface area contributed by atoms with Crippen molar-refractivity contribution in [2.45, 2.75) is 121 Å². The number of Topliss-reactive ketones (excluding diaryl/α,β-unsaturated/α-hetero) is 1. The summed E-state index contributed by atoms with van der Waals surface area (Å²) in [6, 6.07) is -0.542. The lowest BCUT2D eigenvalue weighted by Gasteiger charge is -2.61. The number of ether oxygens (including phenoxy) is 5. The minimum atomic E-state index is -1.10. The SMILES string of the molecule is CCCCCCCC(=O)O[C@@H](CS[C@@H]1c2c(OC(C)=O)c(C)c3c(c2[C@H](CO)N2C1[C@H]1c4c(cc(C)c(OC)c4O)C[C@@H](C2O)N1C)OCO3)C(C)=O. The highest BCUT2D eigenvalue weighted by atomic mass is 32.2. The summed E-state index contributed by atoms with van der Waals surface area (Å²) in [5.74, 6) is 0.0288. The van der Waals surface area contributed by atoms with Crippen molar-refractivity contribution in [3.63, 3.8) is 0 Å². The Morgan fingerprint density at radius 2 is 1.75 bits per heavy atom. The number of aryl methyl sites for hydroxylation is 1. The second-order valence-corrected chi connectivity index (χ2v) is 15.7. The minimum absolute atomic E-state index is 0.0132. The molecule has 14 heteroatoms. The molecule has 6 rings (SSSR count). The van der Waals surface area contributed by atoms with E-state index in [1.807, 2.05) is 29.8 Å². The largest absolute Gasteiger partial charge is 0.504 e. The normalized spacial score (nSPS) is 24.8. The van der Waals surface area contributed by atoms with Crippen molar-refractivity contribution < 1.29 is 53.4 Å². The van der Waals surface area contributed by atoms with Crippen LogP contribution in [0.3, 0.4) is 0 Å². The van der Waals surface area contributed by atoms with E-state index in [4.69, 9.17) is 23.7 Å². The number of carbonyl (C=O) groups excluding carboxylic acids is 3. The Morgan fingerprint density at radius 1 is 1.04 bits per heavy atom. The van der Waals surface area contributed by atoms with Gasteiger partial charge in [-0.25, -0.2) is 0 Å². The summed E-state index contributed by atoms with van der Waals surface area (Å²) in [6.07, 6.45) is 3.22. The van der Waals surface area contributed by atoms with Gasteiger partial charge in [0.05, 0.1) is 37.1 Å². The number of hydrogen-bond acceptors (Lipinski definition) is 14. The number of likely N-dealkylation sites (N-methyl/N-ethyl adjacent to an activating group) is 1. The van der Waals surface area contributed by atoms with Crippen LogP contribution in [-0.4, -0.2) is 101 Å². The van der Waals surface area contributed by atoms with E-state index in [0.717, 1.165) is 36.8 Å². The number of unbranched alkanes of at least 4 members (excludes halogenated alkanes) is 4. The molecule has 2 unspecified atom stereocenters. The maximum Gasteiger partial charge on any atom is 0.308 e. The number of thioether (sulfide) groups is 1. The van der Waals surface area contributed by atoms with Crippen LogP contribution in [0, 0.1) is 13.8 Å². The molecule has 0 spiro atoms. The minimum Gasteiger partial charge on any atom is -0.504 e. The van der Waals surface area contributed by atoms with Crippen molar-refractivity contribution >= 4 is 29.5 Å². The van der Waals surface area contributed by atoms with E-state index >= 15 is 0 Å². The molecule has 1 saturated heterocycles. The summed E-state index contributed by atoms with van der Waals surface area (Å²) in [5, 5.41) is 34.7. The van der Waals surface area contributed by atoms with Crippen LogP contribution in [0.25, 0.3) is 0 Å². The zero-order chi connectivity index (χ0) is 38.3. The number of hydrogen-bond donors (Lipinski definition) is 3. The number of esters is 2. The van der Waals surface area contributed by atoms with Gasteiger partial charge in [-0.1, -0.05) is 38.7 Å². The topological polar surface area (TPSA) is 165 Å². The fourth-order valence-electron chi connectivity index (χ4n) is 8.78. The van der Waals surface area contributed by atoms with Gasteiger partial charge in [-0.05, 0) is 51.8 Å². The first-order chi connectivity index (χ1) is 25.4. The van der Waals surface area contributed by atoms with Gasteiger partial charge in [0.15, 0.2) is 34.9 Å². The molecular formula is C39H52N2O11S. The van der Waals surface area contributed by atoms with Crippen LogP contribution in [-0.2, 0) is 25.5 Å². The smallest absolute Gasteiger partial charge is 0.308 e. The van der Waals surface area contributed by atoms with Crippen molar-refractivity contribution in [3.8, 4) is 28.7 Å². The number of phenolic OH excluding ortho intramolecular Hbond substituents is 1. The molecule has 4 aliphatic rings. The average molecular weight is 757 g/mol. The maximum absolute atomic E-state index is 13.1. The number of fused-ring (bicyclic) bond motifs is 9. The zero-order valence-electron chi connectivity index (χ0n) is 31.6. The summed E-state index contributed by atoms with van der Waals surface area (Å²) in [7, 11) is 3.40. The lowest BCUT2D eigenvalue weighted by molar-refractivity contribution is -0.178. The summed E-state index contributed by atoms with van der Waals surface area (Å²) in [5.41, 5.74) is 3.81. The molecule has 2 aromatic carbocycles. The van der Waals surface area contributed by atoms with Crippen LogP contribution in [0.2, 0.25) is 0 Å². The van der Waals surface area contributed by atoms with E-state index in [-0.39, 0.29) is 36.2 Å². The van der Waals surface area contributed by atoms with Gasteiger partial charge in [-0.3, -0.25) is 24.2 Å². The van der Waals surface area contributed by atoms with E-state index in [2.05, 4.69) is 6.92 Å². The molecule has 4 aliphatic heterocycles. The van der Waals surface area contributed by atoms with E-state index in [9.17, 15) is 29.7 Å². The predicted octanol–water partition coefficient (Wildman–Crippen LogP) is 4.95. The number of benzene rings is 2. The molecule has 7 atom stereocenters. The lowest BCUT2D eigenvalue weighted by atomic mass is 9.73. The number of carbonyl (C=O) groups is 3. The molecule has 0 saturated carbocycles. The third kappa shape index (κ3) is 6.97. The summed E-state index contributed by atoms with van der Waals surface area (Å²) >= 11 is 1.33. The molecule has 0 aromatic heterocycles. The quantitative estimate of drug-likeness (QED) is 0.135. The van der Waals surface area contributed by atoms with Crippen LogP contribution >= 0.6 is 11.8 Å². The summed E-state index contributed by atoms with van der Waals surface area (Å²) < 4.78 is 29.4. The molecule has 1 fully saturated rings. The standard InChI is InChI=1S/C39H52N2O11S/c1-8-9-10-11-12-13-27(45)52-26(21(4)43)17-53-38-30-29(37-36(49-18-50-37)20(3)35(30)51-22(5)44)25(16-42)41-32(38)31-28-23(15-24(39(41)47)40(31)6)14-19(2)34(48-7)33(28)46/h14,24-26,31-32,38-39,42,46-47H,8-13,15-18H2,1-7H3/t24-,25-,26-,31+,32?,38+,39?/m0/s1. The van der Waals surface area contributed by atoms with Gasteiger partial charge < -0.3 is 39.0 Å². The first-order valence-corrected chi connectivity index (χ1v) is 19.5. The van der Waals surface area contributed by atoms with Crippen LogP contribution in [0.15, 0.2) is 6.07 Å². The van der Waals surface area contributed by atoms with Crippen molar-refractivity contribution in [3.05, 3.63) is 39.4 Å². The van der Waals surface area contributed by atoms with Crippen LogP contribution in [0.5, 0.6) is 28.7 Å². The van der Waals surface area contributed by atoms with Gasteiger partial charge in [-0.15, -0.1) is 11.8 Å². The van der Waals surface area contributed by atoms with Gasteiger partial charge in [0.2, 0.25) is 6.79 Å².